The number of halogens is 1. The van der Waals surface area contributed by atoms with Gasteiger partial charge in [0.05, 0.1) is 0 Å². The minimum absolute atomic E-state index is 0. The van der Waals surface area contributed by atoms with Crippen molar-refractivity contribution in [2.45, 2.75) is 39.2 Å². The minimum atomic E-state index is 0. The molecule has 0 spiro atoms. The third kappa shape index (κ3) is 6.62. The number of benzene rings is 1. The van der Waals surface area contributed by atoms with Crippen molar-refractivity contribution in [3.63, 3.8) is 0 Å². The van der Waals surface area contributed by atoms with E-state index >= 15 is 0 Å². The van der Waals surface area contributed by atoms with Crippen LogP contribution in [0.2, 0.25) is 0 Å². The zero-order chi connectivity index (χ0) is 19.1. The van der Waals surface area contributed by atoms with E-state index in [4.69, 9.17) is 0 Å². The molecule has 2 aliphatic heterocycles. The molecule has 28 heavy (non-hydrogen) atoms. The number of hydrogen-bond donors (Lipinski definition) is 2. The molecule has 2 aliphatic rings. The first kappa shape index (κ1) is 22.9. The van der Waals surface area contributed by atoms with Crippen LogP contribution in [0, 0.1) is 5.92 Å². The summed E-state index contributed by atoms with van der Waals surface area (Å²) in [7, 11) is 1.81. The van der Waals surface area contributed by atoms with E-state index in [2.05, 4.69) is 39.6 Å². The van der Waals surface area contributed by atoms with Gasteiger partial charge in [-0.15, -0.1) is 24.0 Å². The Morgan fingerprint density at radius 1 is 1.11 bits per heavy atom. The van der Waals surface area contributed by atoms with Crippen LogP contribution in [0.1, 0.15) is 38.2 Å². The van der Waals surface area contributed by atoms with Crippen LogP contribution in [-0.2, 0) is 11.3 Å². The highest BCUT2D eigenvalue weighted by Crippen LogP contribution is 2.21. The molecule has 2 heterocycles. The number of aliphatic imine (C=N–C) groups is 1. The van der Waals surface area contributed by atoms with Crippen LogP contribution in [0.4, 0.5) is 5.69 Å². The first-order chi connectivity index (χ1) is 13.2. The van der Waals surface area contributed by atoms with Crippen LogP contribution in [0.15, 0.2) is 29.3 Å². The van der Waals surface area contributed by atoms with Crippen LogP contribution in [0.25, 0.3) is 0 Å². The third-order valence-corrected chi connectivity index (χ3v) is 5.39. The van der Waals surface area contributed by atoms with E-state index in [1.54, 1.807) is 0 Å². The summed E-state index contributed by atoms with van der Waals surface area (Å²) >= 11 is 0. The van der Waals surface area contributed by atoms with Crippen LogP contribution in [0.3, 0.4) is 0 Å². The lowest BCUT2D eigenvalue weighted by atomic mass is 10.1. The number of amides is 1. The molecule has 0 aromatic heterocycles. The van der Waals surface area contributed by atoms with Crippen molar-refractivity contribution in [1.82, 2.24) is 15.5 Å². The fraction of sp³-hybridized carbons (Fsp3) is 0.619. The van der Waals surface area contributed by atoms with E-state index in [0.29, 0.717) is 18.9 Å². The second-order valence-corrected chi connectivity index (χ2v) is 7.73. The number of anilines is 1. The SMILES string of the molecule is CN=C(NCc1ccc(N2CCCC2=O)cc1)NCC(C)CN1CCCC1.I. The van der Waals surface area contributed by atoms with Crippen LogP contribution in [-0.4, -0.2) is 56.5 Å². The van der Waals surface area contributed by atoms with E-state index in [1.807, 2.05) is 24.1 Å². The molecular formula is C21H34IN5O. The van der Waals surface area contributed by atoms with Gasteiger partial charge in [-0.2, -0.15) is 0 Å². The Hall–Kier alpha value is -1.35. The second-order valence-electron chi connectivity index (χ2n) is 7.73. The molecule has 156 valence electrons. The lowest BCUT2D eigenvalue weighted by molar-refractivity contribution is -0.117. The molecule has 2 fully saturated rings. The minimum Gasteiger partial charge on any atom is -0.356 e. The number of likely N-dealkylation sites (tertiary alicyclic amines) is 1. The second kappa shape index (κ2) is 11.6. The number of nitrogens with zero attached hydrogens (tertiary/aromatic N) is 3. The maximum atomic E-state index is 11.8. The normalized spacial score (nSPS) is 18.9. The molecule has 1 unspecified atom stereocenters. The number of guanidine groups is 1. The average Bonchev–Trinajstić information content (AvgIpc) is 3.34. The molecule has 7 heteroatoms. The Balaban J connectivity index is 0.00000280. The molecule has 0 saturated carbocycles. The van der Waals surface area contributed by atoms with Crippen LogP contribution < -0.4 is 15.5 Å². The summed E-state index contributed by atoms with van der Waals surface area (Å²) in [6.07, 6.45) is 4.31. The quantitative estimate of drug-likeness (QED) is 0.344. The molecule has 0 radical (unpaired) electrons. The van der Waals surface area contributed by atoms with Crippen molar-refractivity contribution >= 4 is 41.5 Å². The Labute approximate surface area is 186 Å². The van der Waals surface area contributed by atoms with Crippen molar-refractivity contribution in [1.29, 1.82) is 0 Å². The molecule has 1 aromatic rings. The predicted molar refractivity (Wildman–Crippen MR) is 126 cm³/mol. The van der Waals surface area contributed by atoms with Crippen LogP contribution >= 0.6 is 24.0 Å². The molecule has 6 nitrogen and oxygen atoms in total. The van der Waals surface area contributed by atoms with Gasteiger partial charge in [0.1, 0.15) is 0 Å². The van der Waals surface area contributed by atoms with Crippen molar-refractivity contribution < 1.29 is 4.79 Å². The largest absolute Gasteiger partial charge is 0.356 e. The number of nitrogens with one attached hydrogen (secondary N) is 2. The average molecular weight is 499 g/mol. The van der Waals surface area contributed by atoms with E-state index in [-0.39, 0.29) is 29.9 Å². The number of hydrogen-bond acceptors (Lipinski definition) is 3. The van der Waals surface area contributed by atoms with Crippen molar-refractivity contribution in [2.75, 3.05) is 44.7 Å². The lowest BCUT2D eigenvalue weighted by Crippen LogP contribution is -2.41. The highest BCUT2D eigenvalue weighted by molar-refractivity contribution is 14.0. The van der Waals surface area contributed by atoms with E-state index in [9.17, 15) is 4.79 Å². The van der Waals surface area contributed by atoms with Gasteiger partial charge in [-0.25, -0.2) is 0 Å². The Morgan fingerprint density at radius 2 is 1.82 bits per heavy atom. The highest BCUT2D eigenvalue weighted by Gasteiger charge is 2.21. The third-order valence-electron chi connectivity index (χ3n) is 5.39. The number of carbonyl (C=O) groups excluding carboxylic acids is 1. The van der Waals surface area contributed by atoms with Crippen LogP contribution in [0.5, 0.6) is 0 Å². The fourth-order valence-electron chi connectivity index (χ4n) is 3.86. The Morgan fingerprint density at radius 3 is 2.43 bits per heavy atom. The van der Waals surface area contributed by atoms with Gasteiger partial charge in [-0.3, -0.25) is 9.79 Å². The van der Waals surface area contributed by atoms with Crippen molar-refractivity contribution in [2.24, 2.45) is 10.9 Å². The molecule has 1 amide bonds. The monoisotopic (exact) mass is 499 g/mol. The summed E-state index contributed by atoms with van der Waals surface area (Å²) in [6, 6.07) is 8.23. The zero-order valence-electron chi connectivity index (χ0n) is 17.1. The van der Waals surface area contributed by atoms with E-state index < -0.39 is 0 Å². The van der Waals surface area contributed by atoms with Gasteiger partial charge in [0.15, 0.2) is 5.96 Å². The molecule has 0 aliphatic carbocycles. The van der Waals surface area contributed by atoms with E-state index in [0.717, 1.165) is 37.7 Å². The summed E-state index contributed by atoms with van der Waals surface area (Å²) in [6.45, 7) is 8.41. The molecule has 0 bridgehead atoms. The topological polar surface area (TPSA) is 60.0 Å². The fourth-order valence-corrected chi connectivity index (χ4v) is 3.86. The summed E-state index contributed by atoms with van der Waals surface area (Å²) in [4.78, 5) is 20.6. The Kier molecular flexibility index (Phi) is 9.50. The smallest absolute Gasteiger partial charge is 0.227 e. The first-order valence-electron chi connectivity index (χ1n) is 10.2. The molecule has 1 atom stereocenters. The van der Waals surface area contributed by atoms with Gasteiger partial charge in [0.25, 0.3) is 0 Å². The molecular weight excluding hydrogens is 465 g/mol. The number of rotatable bonds is 7. The molecule has 2 N–H and O–H groups in total. The summed E-state index contributed by atoms with van der Waals surface area (Å²) < 4.78 is 0. The lowest BCUT2D eigenvalue weighted by Gasteiger charge is -2.21. The maximum Gasteiger partial charge on any atom is 0.227 e. The number of carbonyl (C=O) groups is 1. The predicted octanol–water partition coefficient (Wildman–Crippen LogP) is 2.83. The standard InChI is InChI=1S/C21H33N5O.HI/c1-17(16-25-11-3-4-12-25)14-23-21(22-2)24-15-18-7-9-19(10-8-18)26-13-5-6-20(26)27;/h7-10,17H,3-6,11-16H2,1-2H3,(H2,22,23,24);1H. The first-order valence-corrected chi connectivity index (χ1v) is 10.2. The van der Waals surface area contributed by atoms with Crippen molar-refractivity contribution in [3.05, 3.63) is 29.8 Å². The highest BCUT2D eigenvalue weighted by atomic mass is 127. The summed E-state index contributed by atoms with van der Waals surface area (Å²) in [5.41, 5.74) is 2.18. The zero-order valence-corrected chi connectivity index (χ0v) is 19.4. The van der Waals surface area contributed by atoms with Gasteiger partial charge in [0.2, 0.25) is 5.91 Å². The molecule has 3 rings (SSSR count). The van der Waals surface area contributed by atoms with Gasteiger partial charge in [-0.1, -0.05) is 19.1 Å². The molecule has 2 saturated heterocycles. The van der Waals surface area contributed by atoms with Gasteiger partial charge in [0, 0.05) is 45.3 Å². The van der Waals surface area contributed by atoms with Gasteiger partial charge < -0.3 is 20.4 Å². The molecule has 1 aromatic carbocycles. The summed E-state index contributed by atoms with van der Waals surface area (Å²) in [5, 5.41) is 6.81. The summed E-state index contributed by atoms with van der Waals surface area (Å²) in [5.74, 6) is 1.66. The van der Waals surface area contributed by atoms with Crippen molar-refractivity contribution in [3.8, 4) is 0 Å². The maximum absolute atomic E-state index is 11.8. The van der Waals surface area contributed by atoms with Gasteiger partial charge >= 0.3 is 0 Å². The van der Waals surface area contributed by atoms with Gasteiger partial charge in [-0.05, 0) is 56.0 Å². The Bertz CT molecular complexity index is 643. The van der Waals surface area contributed by atoms with E-state index in [1.165, 1.54) is 31.5 Å².